The third-order valence-electron chi connectivity index (χ3n) is 26.5. The predicted octanol–water partition coefficient (Wildman–Crippen LogP) is 22.3. The number of nitriles is 1. The molecular weight excluding hydrogens is 1830 g/mol. The fourth-order valence-electron chi connectivity index (χ4n) is 19.0. The zero-order chi connectivity index (χ0) is 96.6. The summed E-state index contributed by atoms with van der Waals surface area (Å²) in [5.41, 5.74) is 3.01. The van der Waals surface area contributed by atoms with Crippen LogP contribution in [0.5, 0.6) is 40.2 Å². The van der Waals surface area contributed by atoms with Gasteiger partial charge in [0.25, 0.3) is 23.6 Å². The van der Waals surface area contributed by atoms with Crippen molar-refractivity contribution >= 4 is 56.7 Å². The molecule has 4 spiro atoms. The van der Waals surface area contributed by atoms with E-state index in [1.54, 1.807) is 85.0 Å². The van der Waals surface area contributed by atoms with Gasteiger partial charge in [-0.3, -0.25) is 23.7 Å². The van der Waals surface area contributed by atoms with E-state index < -0.39 is 72.3 Å². The van der Waals surface area contributed by atoms with Gasteiger partial charge in [-0.1, -0.05) is 54.4 Å². The largest absolute Gasteiger partial charge is 0.496 e. The number of carbonyl (C=O) groups excluding carboxylic acids is 4. The van der Waals surface area contributed by atoms with Crippen LogP contribution in [0.4, 0.5) is 39.5 Å². The van der Waals surface area contributed by atoms with Crippen LogP contribution < -0.4 is 33.2 Å². The minimum Gasteiger partial charge on any atom is -0.496 e. The third kappa shape index (κ3) is 17.8. The van der Waals surface area contributed by atoms with Crippen molar-refractivity contribution in [1.82, 2.24) is 37.9 Å². The van der Waals surface area contributed by atoms with Crippen molar-refractivity contribution in [3.8, 4) is 69.1 Å². The highest BCUT2D eigenvalue weighted by atomic mass is 35.5. The maximum atomic E-state index is 13.8. The van der Waals surface area contributed by atoms with Crippen molar-refractivity contribution in [2.75, 3.05) is 66.6 Å². The molecule has 710 valence electrons. The smallest absolute Gasteiger partial charge is 0.431 e. The molecule has 0 bridgehead atoms. The second-order valence-corrected chi connectivity index (χ2v) is 39.1. The first-order chi connectivity index (χ1) is 64.7. The van der Waals surface area contributed by atoms with Crippen LogP contribution >= 0.6 is 23.2 Å². The lowest BCUT2D eigenvalue weighted by Crippen LogP contribution is -2.50. The Hall–Kier alpha value is -13.3. The molecule has 8 aliphatic heterocycles. The molecule has 1 atom stereocenters. The summed E-state index contributed by atoms with van der Waals surface area (Å²) in [7, 11) is -0.699. The molecule has 4 amide bonds. The number of piperidine rings is 4. The van der Waals surface area contributed by atoms with Gasteiger partial charge >= 0.3 is 18.5 Å². The van der Waals surface area contributed by atoms with Gasteiger partial charge in [0.1, 0.15) is 46.2 Å². The quantitative estimate of drug-likeness (QED) is 0.116. The van der Waals surface area contributed by atoms with Crippen LogP contribution in [0.3, 0.4) is 0 Å². The van der Waals surface area contributed by atoms with Crippen molar-refractivity contribution in [3.05, 3.63) is 308 Å². The summed E-state index contributed by atoms with van der Waals surface area (Å²) in [5, 5.41) is 10.8. The lowest BCUT2D eigenvalue weighted by atomic mass is 9.86. The van der Waals surface area contributed by atoms with Crippen LogP contribution in [0.15, 0.2) is 236 Å². The number of ether oxygens (including phenoxy) is 7. The highest BCUT2D eigenvalue weighted by molar-refractivity contribution is 7.92. The molecule has 4 fully saturated rings. The van der Waals surface area contributed by atoms with E-state index in [0.717, 1.165) is 76.6 Å². The number of alkyl halides is 9. The van der Waals surface area contributed by atoms with Crippen molar-refractivity contribution < 1.29 is 102 Å². The minimum absolute atomic E-state index is 0. The van der Waals surface area contributed by atoms with Gasteiger partial charge in [0, 0.05) is 156 Å². The van der Waals surface area contributed by atoms with Gasteiger partial charge in [-0.2, -0.15) is 44.8 Å². The average Bonchev–Trinajstić information content (AvgIpc) is 1.62. The van der Waals surface area contributed by atoms with Gasteiger partial charge in [-0.25, -0.2) is 8.42 Å². The van der Waals surface area contributed by atoms with Crippen LogP contribution in [0.2, 0.25) is 10.0 Å². The lowest BCUT2D eigenvalue weighted by Gasteiger charge is -2.45. The molecular formula is C102H96Cl2F9N9O13S. The number of hydrogen-bond acceptors (Lipinski definition) is 14. The Morgan fingerprint density at radius 2 is 0.846 bits per heavy atom. The van der Waals surface area contributed by atoms with E-state index in [1.807, 2.05) is 114 Å². The van der Waals surface area contributed by atoms with Crippen LogP contribution in [0.25, 0.3) is 22.7 Å². The summed E-state index contributed by atoms with van der Waals surface area (Å²) in [5.74, 6) is 2.66. The van der Waals surface area contributed by atoms with Crippen LogP contribution in [0.1, 0.15) is 181 Å². The zero-order valence-corrected chi connectivity index (χ0v) is 77.3. The Kier molecular flexibility index (Phi) is 25.3. The van der Waals surface area contributed by atoms with E-state index in [2.05, 4.69) is 34.4 Å². The van der Waals surface area contributed by atoms with Gasteiger partial charge in [0.15, 0.2) is 43.7 Å². The van der Waals surface area contributed by atoms with Gasteiger partial charge in [-0.15, -0.1) is 0 Å². The SMILES string of the molecule is CC(C)(C)S(=O)(=O)c1ccc(C(=O)N2CCC3(CC2)Oc2ccccc2-n2c(C(F)(F)F)ccc23)cc1.CC[C@H](C)Oc1ccc(C(=O)N2CCC3(CC2)Oc2cc(Cl)ccc2-n2cccc23)cc1OC.COc1cc(C(F)(F)F)ccc1C(=O)N1CCC2(CC1)Oc1cc(Cl)ccc1-n1cccc12.N#Cc1ccc2n1-c1ccccc1OC21CCN(C(=O)c2ccc(C(F)(F)F)cc2)CC1.[HH]. The Labute approximate surface area is 790 Å². The van der Waals surface area contributed by atoms with Crippen LogP contribution in [-0.2, 0) is 50.8 Å². The van der Waals surface area contributed by atoms with E-state index >= 15 is 0 Å². The molecule has 22 nitrogen and oxygen atoms in total. The number of nitrogens with zero attached hydrogens (tertiary/aromatic N) is 9. The number of methoxy groups -OCH3 is 2. The molecule has 34 heteroatoms. The maximum Gasteiger partial charge on any atom is 0.431 e. The minimum atomic E-state index is -4.53. The van der Waals surface area contributed by atoms with E-state index in [4.69, 9.17) is 56.4 Å². The van der Waals surface area contributed by atoms with E-state index in [-0.39, 0.29) is 66.0 Å². The number of carbonyl (C=O) groups is 4. The summed E-state index contributed by atoms with van der Waals surface area (Å²) >= 11 is 12.4. The van der Waals surface area contributed by atoms with Crippen molar-refractivity contribution in [2.24, 2.45) is 0 Å². The number of halogens is 11. The number of benzene rings is 8. The van der Waals surface area contributed by atoms with Crippen LogP contribution in [-0.4, -0.2) is 147 Å². The molecule has 20 rings (SSSR count). The first kappa shape index (κ1) is 94.5. The molecule has 8 aliphatic rings. The third-order valence-corrected chi connectivity index (χ3v) is 29.5. The normalized spacial score (nSPS) is 16.9. The maximum absolute atomic E-state index is 13.8. The molecule has 136 heavy (non-hydrogen) atoms. The number of sulfone groups is 1. The number of hydrogen-bond donors (Lipinski definition) is 0. The number of rotatable bonds is 10. The van der Waals surface area contributed by atoms with Crippen molar-refractivity contribution in [2.45, 2.75) is 149 Å². The highest BCUT2D eigenvalue weighted by Crippen LogP contribution is 2.53. The second-order valence-electron chi connectivity index (χ2n) is 35.6. The second kappa shape index (κ2) is 36.4. The molecule has 4 aromatic heterocycles. The van der Waals surface area contributed by atoms with Crippen LogP contribution in [0, 0.1) is 11.3 Å². The summed E-state index contributed by atoms with van der Waals surface area (Å²) in [6.07, 6.45) is -4.43. The standard InChI is InChI=1S/C27H29ClN2O4.C27H27F3N2O4S.C24H20ClF3N2O3.C24H18F3N3O2.H2/c1-4-18(2)33-22-10-7-19(16-24(22)32-3)26(31)29-14-11-27(12-15-29)25-6-5-13-30(25)21-9-8-20(28)17-23(21)34-27;1-25(2,3)37(34,35)19-10-8-18(9-11-19)24(33)31-16-14-26(15-17-31)22-12-13-23(27(28,29)30)32(22)20-6-4-5-7-21(20)36-26;1-32-19-13-15(24(26,27)28)4-6-17(19)22(31)29-11-8-23(9-12-29)21-3-2-10-30(21)18-7-5-16(25)14-20(18)33-23;25-24(26,27)17-7-5-16(6-8-17)22(31)29-13-11-23(12-14-29)21-10-9-18(15-28)30(21)19-3-1-2-4-20(19)32-23;/h5-10,13,16-18H,4,11-12,14-15H2,1-3H3;4-13H,14-17H2,1-3H3;2-7,10,13-14H,8-9,11-12H2,1H3;1-10H,11-14H2;1H/t18-;;;;/m0..../s1. The summed E-state index contributed by atoms with van der Waals surface area (Å²) in [6.45, 7) is 12.2. The van der Waals surface area contributed by atoms with Gasteiger partial charge < -0.3 is 66.5 Å². The summed E-state index contributed by atoms with van der Waals surface area (Å²) < 4.78 is 193. The molecule has 0 N–H and O–H groups in total. The molecule has 0 saturated carbocycles. The fraction of sp³-hybridized carbons (Fsp3) is 0.324. The van der Waals surface area contributed by atoms with E-state index in [0.29, 0.717) is 158 Å². The number of para-hydroxylation sites is 4. The monoisotopic (exact) mass is 1930 g/mol. The Morgan fingerprint density at radius 1 is 0.434 bits per heavy atom. The molecule has 12 heterocycles. The fourth-order valence-corrected chi connectivity index (χ4v) is 20.5. The topological polar surface area (TPSA) is 224 Å². The molecule has 0 radical (unpaired) electrons. The summed E-state index contributed by atoms with van der Waals surface area (Å²) in [4.78, 5) is 59.5. The first-order valence-electron chi connectivity index (χ1n) is 44.3. The molecule has 0 unspecified atom stereocenters. The average molecular weight is 1930 g/mol. The highest BCUT2D eigenvalue weighted by Gasteiger charge is 2.52. The zero-order valence-electron chi connectivity index (χ0n) is 74.9. The summed E-state index contributed by atoms with van der Waals surface area (Å²) in [6, 6.07) is 60.4. The van der Waals surface area contributed by atoms with Crippen molar-refractivity contribution in [3.63, 3.8) is 0 Å². The van der Waals surface area contributed by atoms with Crippen molar-refractivity contribution in [1.29, 1.82) is 5.26 Å². The lowest BCUT2D eigenvalue weighted by molar-refractivity contribution is -0.143. The first-order valence-corrected chi connectivity index (χ1v) is 46.6. The van der Waals surface area contributed by atoms with E-state index in [9.17, 15) is 72.4 Å². The number of likely N-dealkylation sites (tertiary alicyclic amines) is 4. The number of amides is 4. The molecule has 8 aromatic carbocycles. The van der Waals surface area contributed by atoms with E-state index in [1.165, 1.54) is 60.2 Å². The number of aromatic nitrogens is 4. The Balaban J connectivity index is 0.000000132. The molecule has 0 aliphatic carbocycles. The molecule has 4 saturated heterocycles. The Bertz CT molecular complexity index is 6750. The van der Waals surface area contributed by atoms with Gasteiger partial charge in [0.05, 0.1) is 92.2 Å². The molecule has 12 aromatic rings. The van der Waals surface area contributed by atoms with Gasteiger partial charge in [0.2, 0.25) is 0 Å². The predicted molar refractivity (Wildman–Crippen MR) is 491 cm³/mol. The number of fused-ring (bicyclic) bond motifs is 16. The van der Waals surface area contributed by atoms with Gasteiger partial charge in [-0.05, 0) is 216 Å². The Morgan fingerprint density at radius 3 is 1.29 bits per heavy atom.